The van der Waals surface area contributed by atoms with Crippen LogP contribution in [0.1, 0.15) is 47.0 Å². The Kier molecular flexibility index (Phi) is 19.6. The molecule has 1 heterocycles. The van der Waals surface area contributed by atoms with E-state index >= 15 is 0 Å². The smallest absolute Gasteiger partial charge is 0.345 e. The third kappa shape index (κ3) is 18.6. The molecule has 0 aromatic carbocycles. The van der Waals surface area contributed by atoms with Gasteiger partial charge < -0.3 is 23.7 Å². The summed E-state index contributed by atoms with van der Waals surface area (Å²) in [7, 11) is 0. The predicted octanol–water partition coefficient (Wildman–Crippen LogP) is 3.68. The summed E-state index contributed by atoms with van der Waals surface area (Å²) in [5, 5.41) is 0. The zero-order chi connectivity index (χ0) is 28.1. The minimum Gasteiger partial charge on any atom is -0.463 e. The number of carbonyl (C=O) groups is 5. The molecule has 1 saturated heterocycles. The Morgan fingerprint density at radius 2 is 1.39 bits per heavy atom. The maximum atomic E-state index is 11.6. The molecule has 200 valence electrons. The molecule has 1 fully saturated rings. The van der Waals surface area contributed by atoms with Crippen LogP contribution in [0, 0.1) is 0 Å². The molecule has 1 atom stereocenters. The molecular weight excluding hydrogens is 472 g/mol. The van der Waals surface area contributed by atoms with Gasteiger partial charge in [0.15, 0.2) is 0 Å². The lowest BCUT2D eigenvalue weighted by Crippen LogP contribution is -2.14. The number of hydrogen-bond acceptors (Lipinski definition) is 10. The van der Waals surface area contributed by atoms with Crippen LogP contribution in [-0.4, -0.2) is 55.8 Å². The molecular formula is C26H36O10. The summed E-state index contributed by atoms with van der Waals surface area (Å²) in [6.45, 7) is 21.4. The van der Waals surface area contributed by atoms with E-state index in [9.17, 15) is 24.0 Å². The van der Waals surface area contributed by atoms with Crippen LogP contribution in [0.5, 0.6) is 0 Å². The van der Waals surface area contributed by atoms with Gasteiger partial charge in [0.1, 0.15) is 18.5 Å². The van der Waals surface area contributed by atoms with E-state index in [1.807, 2.05) is 6.92 Å². The van der Waals surface area contributed by atoms with Crippen LogP contribution in [0.2, 0.25) is 0 Å². The van der Waals surface area contributed by atoms with Crippen LogP contribution in [0.4, 0.5) is 0 Å². The zero-order valence-corrected chi connectivity index (χ0v) is 21.5. The maximum Gasteiger partial charge on any atom is 0.345 e. The lowest BCUT2D eigenvalue weighted by Gasteiger charge is -2.10. The van der Waals surface area contributed by atoms with Gasteiger partial charge in [0.05, 0.1) is 18.8 Å². The number of epoxide rings is 1. The van der Waals surface area contributed by atoms with Gasteiger partial charge in [-0.1, -0.05) is 39.7 Å². The average Bonchev–Trinajstić information content (AvgIpc) is 3.69. The standard InChI is InChI=1S/C14H18O5.C6H8O3.C6H10O2/c1-5-8-9-11(18-12(15)6-2)10(4)14(17)19-13(16)7-3;1-2-6(7)9-4-5-3-8-5;1-4-8-6(7)5(2)3/h6-7H,2-3,5,8-9H2,1,4H3;2,5H,1,3-4H2;2,4H2,1,3H3. The van der Waals surface area contributed by atoms with Crippen LogP contribution < -0.4 is 0 Å². The van der Waals surface area contributed by atoms with Crippen molar-refractivity contribution >= 4 is 29.8 Å². The third-order valence-electron chi connectivity index (χ3n) is 3.84. The van der Waals surface area contributed by atoms with Gasteiger partial charge in [-0.2, -0.15) is 0 Å². The van der Waals surface area contributed by atoms with Crippen molar-refractivity contribution in [3.8, 4) is 0 Å². The van der Waals surface area contributed by atoms with Crippen molar-refractivity contribution in [2.24, 2.45) is 0 Å². The topological polar surface area (TPSA) is 135 Å². The van der Waals surface area contributed by atoms with E-state index in [1.165, 1.54) is 6.92 Å². The fourth-order valence-electron chi connectivity index (χ4n) is 1.79. The fraction of sp³-hybridized carbons (Fsp3) is 0.423. The molecule has 0 aromatic heterocycles. The van der Waals surface area contributed by atoms with Gasteiger partial charge in [-0.15, -0.1) is 0 Å². The van der Waals surface area contributed by atoms with Crippen molar-refractivity contribution in [2.45, 2.75) is 53.1 Å². The molecule has 0 spiro atoms. The Bertz CT molecular complexity index is 847. The molecule has 0 saturated carbocycles. The van der Waals surface area contributed by atoms with Gasteiger partial charge in [0.25, 0.3) is 0 Å². The number of hydrogen-bond donors (Lipinski definition) is 0. The number of rotatable bonds is 12. The lowest BCUT2D eigenvalue weighted by atomic mass is 10.1. The Morgan fingerprint density at radius 1 is 0.861 bits per heavy atom. The summed E-state index contributed by atoms with van der Waals surface area (Å²) in [6.07, 6.45) is 5.17. The SMILES string of the molecule is C=C(C)C(=O)OCC.C=CC(=O)OC(=O)C(C)=C(CCCC)OC(=O)C=C.C=CC(=O)OCC1CO1. The van der Waals surface area contributed by atoms with Gasteiger partial charge >= 0.3 is 29.8 Å². The summed E-state index contributed by atoms with van der Waals surface area (Å²) in [4.78, 5) is 54.5. The molecule has 0 N–H and O–H groups in total. The summed E-state index contributed by atoms with van der Waals surface area (Å²) >= 11 is 0. The van der Waals surface area contributed by atoms with Crippen molar-refractivity contribution in [2.75, 3.05) is 19.8 Å². The molecule has 0 bridgehead atoms. The fourth-order valence-corrected chi connectivity index (χ4v) is 1.79. The molecule has 0 radical (unpaired) electrons. The van der Waals surface area contributed by atoms with Gasteiger partial charge in [0.2, 0.25) is 0 Å². The number of esters is 5. The number of allylic oxidation sites excluding steroid dienone is 1. The molecule has 10 heteroatoms. The summed E-state index contributed by atoms with van der Waals surface area (Å²) < 4.78 is 23.4. The highest BCUT2D eigenvalue weighted by molar-refractivity contribution is 5.99. The molecule has 0 aromatic rings. The van der Waals surface area contributed by atoms with E-state index < -0.39 is 17.9 Å². The Hall–Kier alpha value is -3.79. The van der Waals surface area contributed by atoms with Gasteiger partial charge in [-0.25, -0.2) is 24.0 Å². The second kappa shape index (κ2) is 20.6. The van der Waals surface area contributed by atoms with Gasteiger partial charge in [0, 0.05) is 30.2 Å². The van der Waals surface area contributed by atoms with Crippen molar-refractivity contribution in [3.05, 3.63) is 61.4 Å². The van der Waals surface area contributed by atoms with Crippen LogP contribution in [0.15, 0.2) is 61.4 Å². The van der Waals surface area contributed by atoms with E-state index in [1.54, 1.807) is 13.8 Å². The maximum absolute atomic E-state index is 11.6. The monoisotopic (exact) mass is 508 g/mol. The van der Waals surface area contributed by atoms with E-state index in [0.717, 1.165) is 31.1 Å². The van der Waals surface area contributed by atoms with Crippen LogP contribution in [0.25, 0.3) is 0 Å². The first-order valence-corrected chi connectivity index (χ1v) is 11.1. The largest absolute Gasteiger partial charge is 0.463 e. The zero-order valence-electron chi connectivity index (χ0n) is 21.5. The van der Waals surface area contributed by atoms with Crippen molar-refractivity contribution in [3.63, 3.8) is 0 Å². The summed E-state index contributed by atoms with van der Waals surface area (Å²) in [6, 6.07) is 0. The first-order valence-electron chi connectivity index (χ1n) is 11.1. The highest BCUT2D eigenvalue weighted by Crippen LogP contribution is 2.16. The number of unbranched alkanes of at least 4 members (excludes halogenated alkanes) is 1. The van der Waals surface area contributed by atoms with E-state index in [2.05, 4.69) is 40.5 Å². The molecule has 1 aliphatic heterocycles. The van der Waals surface area contributed by atoms with Crippen LogP contribution in [-0.2, 0) is 47.7 Å². The van der Waals surface area contributed by atoms with Crippen molar-refractivity contribution in [1.29, 1.82) is 0 Å². The predicted molar refractivity (Wildman–Crippen MR) is 132 cm³/mol. The van der Waals surface area contributed by atoms with E-state index in [4.69, 9.17) is 9.47 Å². The molecule has 0 aliphatic carbocycles. The molecule has 36 heavy (non-hydrogen) atoms. The van der Waals surface area contributed by atoms with Crippen molar-refractivity contribution < 1.29 is 47.7 Å². The minimum atomic E-state index is -0.854. The van der Waals surface area contributed by atoms with Gasteiger partial charge in [-0.3, -0.25) is 0 Å². The first kappa shape index (κ1) is 34.4. The molecule has 1 unspecified atom stereocenters. The average molecular weight is 509 g/mol. The first-order chi connectivity index (χ1) is 17.0. The second-order valence-electron chi connectivity index (χ2n) is 6.98. The second-order valence-corrected chi connectivity index (χ2v) is 6.98. The highest BCUT2D eigenvalue weighted by atomic mass is 16.6. The Morgan fingerprint density at radius 3 is 1.78 bits per heavy atom. The van der Waals surface area contributed by atoms with Crippen LogP contribution in [0.3, 0.4) is 0 Å². The van der Waals surface area contributed by atoms with Crippen LogP contribution >= 0.6 is 0 Å². The van der Waals surface area contributed by atoms with E-state index in [-0.39, 0.29) is 29.4 Å². The normalized spacial score (nSPS) is 13.4. The third-order valence-corrected chi connectivity index (χ3v) is 3.84. The van der Waals surface area contributed by atoms with E-state index in [0.29, 0.717) is 31.8 Å². The number of ether oxygens (including phenoxy) is 5. The molecule has 0 amide bonds. The quantitative estimate of drug-likeness (QED) is 0.0959. The highest BCUT2D eigenvalue weighted by Gasteiger charge is 2.23. The van der Waals surface area contributed by atoms with Crippen molar-refractivity contribution in [1.82, 2.24) is 0 Å². The minimum absolute atomic E-state index is 0.0823. The molecule has 10 nitrogen and oxygen atoms in total. The Labute approximate surface area is 212 Å². The molecule has 1 aliphatic rings. The summed E-state index contributed by atoms with van der Waals surface area (Å²) in [5.41, 5.74) is 0.533. The lowest BCUT2D eigenvalue weighted by molar-refractivity contribution is -0.153. The number of carbonyl (C=O) groups excluding carboxylic acids is 5. The van der Waals surface area contributed by atoms with Gasteiger partial charge in [-0.05, 0) is 27.2 Å². The summed E-state index contributed by atoms with van der Waals surface area (Å²) in [5.74, 6) is -2.87. The molecule has 1 rings (SSSR count). The Balaban J connectivity index is 0.